The van der Waals surface area contributed by atoms with Gasteiger partial charge in [0, 0.05) is 36.4 Å². The molecule has 0 unspecified atom stereocenters. The number of esters is 1. The lowest BCUT2D eigenvalue weighted by atomic mass is 9.73. The van der Waals surface area contributed by atoms with E-state index in [4.69, 9.17) is 23.7 Å². The zero-order valence-corrected chi connectivity index (χ0v) is 30.0. The van der Waals surface area contributed by atoms with E-state index in [-0.39, 0.29) is 36.3 Å². The van der Waals surface area contributed by atoms with Gasteiger partial charge in [0.05, 0.1) is 23.9 Å². The summed E-state index contributed by atoms with van der Waals surface area (Å²) < 4.78 is 30.4. The largest absolute Gasteiger partial charge is 0.458 e. The summed E-state index contributed by atoms with van der Waals surface area (Å²) in [6.45, 7) is 19.9. The molecule has 3 fully saturated rings. The van der Waals surface area contributed by atoms with E-state index in [1.165, 1.54) is 14.0 Å². The van der Waals surface area contributed by atoms with Gasteiger partial charge in [0.2, 0.25) is 0 Å². The summed E-state index contributed by atoms with van der Waals surface area (Å²) in [5, 5.41) is 14.4. The van der Waals surface area contributed by atoms with E-state index in [0.717, 1.165) is 0 Å². The highest BCUT2D eigenvalue weighted by Crippen LogP contribution is 2.40. The third-order valence-electron chi connectivity index (χ3n) is 10.8. The van der Waals surface area contributed by atoms with Crippen LogP contribution in [0.15, 0.2) is 0 Å². The van der Waals surface area contributed by atoms with Crippen LogP contribution in [0.5, 0.6) is 0 Å². The Hall–Kier alpha value is -2.12. The van der Waals surface area contributed by atoms with Crippen LogP contribution in [0.1, 0.15) is 95.4 Å². The number of methoxy groups -OCH3 is 1. The molecule has 2 N–H and O–H groups in total. The molecule has 0 spiro atoms. The Bertz CT molecular complexity index is 1140. The number of carbonyl (C=O) groups is 4. The number of cyclic esters (lactones) is 1. The number of rotatable bonds is 5. The zero-order chi connectivity index (χ0) is 35.1. The Labute approximate surface area is 274 Å². The van der Waals surface area contributed by atoms with E-state index in [1.54, 1.807) is 41.5 Å². The minimum Gasteiger partial charge on any atom is -0.458 e. The average Bonchev–Trinajstić information content (AvgIpc) is 3.30. The van der Waals surface area contributed by atoms with Crippen molar-refractivity contribution in [2.24, 2.45) is 23.7 Å². The van der Waals surface area contributed by atoms with Gasteiger partial charge in [-0.05, 0) is 74.8 Å². The normalized spacial score (nSPS) is 43.4. The van der Waals surface area contributed by atoms with E-state index in [0.29, 0.717) is 6.42 Å². The standard InChI is InChI=1S/C34H58N2O10/c1-14-23-34(11)27(35-31(41)46-34)19(4)24(37)17(2)16-33(10,42-13)28(20(5)25(38)21(6)29(40)44-23)45-30-26(39)22(15-18(3)43-30)36(12)32(7,8)9/h17-23,26-28,30,39H,14-16H2,1-13H3,(H,35,41)/t17-,18-,19+,20+,21-,22+,23-,26-,27-,28-,30+,33-,34-/m1/s1. The fourth-order valence-corrected chi connectivity index (χ4v) is 7.55. The topological polar surface area (TPSA) is 150 Å². The van der Waals surface area contributed by atoms with E-state index in [1.807, 2.05) is 14.0 Å². The monoisotopic (exact) mass is 654 g/mol. The third kappa shape index (κ3) is 7.46. The molecule has 0 bridgehead atoms. The molecule has 0 aliphatic carbocycles. The van der Waals surface area contributed by atoms with Crippen LogP contribution in [0.4, 0.5) is 4.79 Å². The number of alkyl carbamates (subject to hydrolysis) is 1. The van der Waals surface area contributed by atoms with Gasteiger partial charge >= 0.3 is 12.1 Å². The van der Waals surface area contributed by atoms with E-state index in [2.05, 4.69) is 31.0 Å². The van der Waals surface area contributed by atoms with E-state index < -0.39 is 83.4 Å². The second kappa shape index (κ2) is 14.2. The van der Waals surface area contributed by atoms with E-state index in [9.17, 15) is 24.3 Å². The van der Waals surface area contributed by atoms with Gasteiger partial charge in [0.1, 0.15) is 23.9 Å². The molecule has 0 radical (unpaired) electrons. The molecule has 0 aromatic heterocycles. The van der Waals surface area contributed by atoms with Gasteiger partial charge in [-0.1, -0.05) is 27.7 Å². The molecule has 46 heavy (non-hydrogen) atoms. The Balaban J connectivity index is 2.09. The Morgan fingerprint density at radius 3 is 2.17 bits per heavy atom. The number of amides is 1. The number of ketones is 2. The van der Waals surface area contributed by atoms with Crippen LogP contribution in [-0.2, 0) is 38.1 Å². The molecular formula is C34H58N2O10. The van der Waals surface area contributed by atoms with Crippen LogP contribution in [-0.4, -0.2) is 107 Å². The number of likely N-dealkylation sites (N-methyl/N-ethyl adjacent to an activating group) is 1. The molecule has 264 valence electrons. The molecule has 3 heterocycles. The van der Waals surface area contributed by atoms with Crippen molar-refractivity contribution in [2.45, 2.75) is 155 Å². The molecule has 0 aromatic carbocycles. The first kappa shape index (κ1) is 38.3. The first-order valence-corrected chi connectivity index (χ1v) is 16.7. The summed E-state index contributed by atoms with van der Waals surface area (Å²) in [6, 6.07) is -1.09. The summed E-state index contributed by atoms with van der Waals surface area (Å²) in [5.74, 6) is -4.84. The molecule has 3 aliphatic rings. The average molecular weight is 655 g/mol. The Morgan fingerprint density at radius 2 is 1.63 bits per heavy atom. The van der Waals surface area contributed by atoms with Crippen LogP contribution in [0.3, 0.4) is 0 Å². The summed E-state index contributed by atoms with van der Waals surface area (Å²) in [7, 11) is 3.43. The number of fused-ring (bicyclic) bond motifs is 1. The highest BCUT2D eigenvalue weighted by Gasteiger charge is 2.57. The van der Waals surface area contributed by atoms with Crippen molar-refractivity contribution in [1.29, 1.82) is 0 Å². The van der Waals surface area contributed by atoms with Crippen molar-refractivity contribution in [2.75, 3.05) is 14.2 Å². The number of aliphatic hydroxyl groups is 1. The Morgan fingerprint density at radius 1 is 1.02 bits per heavy atom. The number of nitrogens with one attached hydrogen (secondary N) is 1. The first-order chi connectivity index (χ1) is 21.1. The summed E-state index contributed by atoms with van der Waals surface area (Å²) in [4.78, 5) is 56.3. The lowest BCUT2D eigenvalue weighted by Crippen LogP contribution is -2.62. The van der Waals surface area contributed by atoms with Gasteiger partial charge in [0.25, 0.3) is 0 Å². The van der Waals surface area contributed by atoms with E-state index >= 15 is 0 Å². The second-order valence-electron chi connectivity index (χ2n) is 15.2. The van der Waals surface area contributed by atoms with Crippen molar-refractivity contribution in [3.63, 3.8) is 0 Å². The molecule has 3 aliphatic heterocycles. The SMILES string of the molecule is CC[C@H]1OC(=O)[C@H](C)C(=O)[C@H](C)[C@@H](O[C@@H]2O[C@H](C)C[C@H](N(C)C(C)(C)C)[C@H]2O)[C@](C)(OC)C[C@@H](C)C(=O)[C@H](C)[C@H]2NC(=O)O[C@@]21C. The second-order valence-corrected chi connectivity index (χ2v) is 15.2. The number of aliphatic hydroxyl groups excluding tert-OH is 1. The highest BCUT2D eigenvalue weighted by atomic mass is 16.7. The van der Waals surface area contributed by atoms with Gasteiger partial charge in [-0.15, -0.1) is 0 Å². The predicted molar refractivity (Wildman–Crippen MR) is 170 cm³/mol. The quantitative estimate of drug-likeness (QED) is 0.330. The molecule has 12 heteroatoms. The predicted octanol–water partition coefficient (Wildman–Crippen LogP) is 3.65. The first-order valence-electron chi connectivity index (χ1n) is 16.7. The number of ether oxygens (including phenoxy) is 5. The molecule has 13 atom stereocenters. The molecule has 1 amide bonds. The van der Waals surface area contributed by atoms with Crippen molar-refractivity contribution in [3.8, 4) is 0 Å². The highest BCUT2D eigenvalue weighted by molar-refractivity contribution is 6.00. The maximum absolute atomic E-state index is 14.1. The van der Waals surface area contributed by atoms with Crippen LogP contribution in [0.25, 0.3) is 0 Å². The van der Waals surface area contributed by atoms with Crippen LogP contribution in [0, 0.1) is 23.7 Å². The lowest BCUT2D eigenvalue weighted by molar-refractivity contribution is -0.298. The number of Topliss-reactive ketones (excluding diaryl/α,β-unsaturated/α-hetero) is 2. The van der Waals surface area contributed by atoms with Gasteiger partial charge < -0.3 is 34.1 Å². The number of hydrogen-bond donors (Lipinski definition) is 2. The van der Waals surface area contributed by atoms with Crippen molar-refractivity contribution >= 4 is 23.6 Å². The van der Waals surface area contributed by atoms with Crippen molar-refractivity contribution in [3.05, 3.63) is 0 Å². The maximum Gasteiger partial charge on any atom is 0.408 e. The summed E-state index contributed by atoms with van der Waals surface area (Å²) >= 11 is 0. The van der Waals surface area contributed by atoms with Gasteiger partial charge in [0.15, 0.2) is 17.7 Å². The maximum atomic E-state index is 14.1. The molecule has 12 nitrogen and oxygen atoms in total. The molecule has 0 aromatic rings. The molecule has 3 rings (SSSR count). The van der Waals surface area contributed by atoms with Crippen LogP contribution in [0.2, 0.25) is 0 Å². The zero-order valence-electron chi connectivity index (χ0n) is 30.0. The van der Waals surface area contributed by atoms with Crippen molar-refractivity contribution in [1.82, 2.24) is 10.2 Å². The summed E-state index contributed by atoms with van der Waals surface area (Å²) in [6.07, 6.45) is -4.09. The minimum absolute atomic E-state index is 0.146. The fourth-order valence-electron chi connectivity index (χ4n) is 7.55. The number of carbonyl (C=O) groups excluding carboxylic acids is 4. The minimum atomic E-state index is -1.34. The molecule has 3 saturated heterocycles. The summed E-state index contributed by atoms with van der Waals surface area (Å²) in [5.41, 5.74) is -2.83. The van der Waals surface area contributed by atoms with Gasteiger partial charge in [-0.25, -0.2) is 4.79 Å². The third-order valence-corrected chi connectivity index (χ3v) is 10.8. The molecular weight excluding hydrogens is 596 g/mol. The molecule has 0 saturated carbocycles. The lowest BCUT2D eigenvalue weighted by Gasteiger charge is -2.49. The fraction of sp³-hybridized carbons (Fsp3) is 0.882. The number of hydrogen-bond acceptors (Lipinski definition) is 11. The smallest absolute Gasteiger partial charge is 0.408 e. The number of nitrogens with zero attached hydrogens (tertiary/aromatic N) is 1. The Kier molecular flexibility index (Phi) is 11.8. The van der Waals surface area contributed by atoms with Crippen LogP contribution < -0.4 is 5.32 Å². The van der Waals surface area contributed by atoms with Crippen molar-refractivity contribution < 1.29 is 48.0 Å². The van der Waals surface area contributed by atoms with Gasteiger partial charge in [-0.3, -0.25) is 19.3 Å². The van der Waals surface area contributed by atoms with Gasteiger partial charge in [-0.2, -0.15) is 0 Å². The van der Waals surface area contributed by atoms with Crippen LogP contribution >= 0.6 is 0 Å².